The zero-order valence-electron chi connectivity index (χ0n) is 14.3. The van der Waals surface area contributed by atoms with Crippen LogP contribution in [0.15, 0.2) is 60.7 Å². The third-order valence-corrected chi connectivity index (χ3v) is 3.77. The molecular formula is C19H14F2N2O5. The number of hydrogen-bond acceptors (Lipinski definition) is 5. The van der Waals surface area contributed by atoms with Gasteiger partial charge < -0.3 is 14.8 Å². The van der Waals surface area contributed by atoms with Gasteiger partial charge in [-0.05, 0) is 17.5 Å². The fourth-order valence-electron chi connectivity index (χ4n) is 2.58. The van der Waals surface area contributed by atoms with Gasteiger partial charge in [0.25, 0.3) is 11.6 Å². The van der Waals surface area contributed by atoms with E-state index in [1.165, 1.54) is 0 Å². The predicted molar refractivity (Wildman–Crippen MR) is 97.8 cm³/mol. The molecular weight excluding hydrogens is 374 g/mol. The van der Waals surface area contributed by atoms with Crippen LogP contribution in [0, 0.1) is 10.1 Å². The second-order valence-electron chi connectivity index (χ2n) is 5.63. The lowest BCUT2D eigenvalue weighted by atomic mass is 10.1. The summed E-state index contributed by atoms with van der Waals surface area (Å²) in [7, 11) is 0. The number of halogens is 2. The smallest absolute Gasteiger partial charge is 0.387 e. The number of carbonyl (C=O) groups is 1. The van der Waals surface area contributed by atoms with Crippen LogP contribution in [0.25, 0.3) is 10.8 Å². The Hall–Kier alpha value is -3.75. The lowest BCUT2D eigenvalue weighted by Gasteiger charge is -2.13. The van der Waals surface area contributed by atoms with Crippen LogP contribution in [0.1, 0.15) is 0 Å². The number of alkyl halides is 2. The first-order valence-electron chi connectivity index (χ1n) is 8.07. The molecule has 0 aliphatic heterocycles. The Morgan fingerprint density at radius 1 is 1.07 bits per heavy atom. The number of fused-ring (bicyclic) bond motifs is 1. The van der Waals surface area contributed by atoms with E-state index in [4.69, 9.17) is 4.74 Å². The van der Waals surface area contributed by atoms with Gasteiger partial charge in [-0.2, -0.15) is 8.78 Å². The normalized spacial score (nSPS) is 10.7. The number of amides is 1. The monoisotopic (exact) mass is 388 g/mol. The topological polar surface area (TPSA) is 90.7 Å². The Labute approximate surface area is 157 Å². The first-order valence-corrected chi connectivity index (χ1v) is 8.07. The Bertz CT molecular complexity index is 1020. The van der Waals surface area contributed by atoms with Gasteiger partial charge in [0.15, 0.2) is 6.61 Å². The van der Waals surface area contributed by atoms with Crippen molar-refractivity contribution in [2.75, 3.05) is 11.9 Å². The maximum Gasteiger partial charge on any atom is 0.387 e. The second kappa shape index (κ2) is 8.30. The molecule has 7 nitrogen and oxygen atoms in total. The van der Waals surface area contributed by atoms with Crippen LogP contribution in [0.2, 0.25) is 0 Å². The van der Waals surface area contributed by atoms with Gasteiger partial charge in [0.2, 0.25) is 0 Å². The molecule has 0 aromatic heterocycles. The van der Waals surface area contributed by atoms with Crippen LogP contribution in [-0.2, 0) is 4.79 Å². The number of anilines is 1. The number of nitrogens with one attached hydrogen (secondary N) is 1. The van der Waals surface area contributed by atoms with Gasteiger partial charge in [-0.25, -0.2) is 0 Å². The van der Waals surface area contributed by atoms with E-state index in [0.717, 1.165) is 29.0 Å². The molecule has 0 spiro atoms. The molecule has 28 heavy (non-hydrogen) atoms. The van der Waals surface area contributed by atoms with Crippen LogP contribution in [0.4, 0.5) is 20.2 Å². The molecule has 0 saturated carbocycles. The molecule has 0 fully saturated rings. The van der Waals surface area contributed by atoms with Crippen molar-refractivity contribution in [2.45, 2.75) is 6.61 Å². The summed E-state index contributed by atoms with van der Waals surface area (Å²) in [5.41, 5.74) is -0.632. The van der Waals surface area contributed by atoms with Gasteiger partial charge in [0.05, 0.1) is 10.6 Å². The highest BCUT2D eigenvalue weighted by Crippen LogP contribution is 2.30. The number of carbonyl (C=O) groups excluding carboxylic acids is 1. The van der Waals surface area contributed by atoms with Crippen molar-refractivity contribution in [2.24, 2.45) is 0 Å². The summed E-state index contributed by atoms with van der Waals surface area (Å²) in [4.78, 5) is 22.4. The quantitative estimate of drug-likeness (QED) is 0.480. The molecule has 0 heterocycles. The predicted octanol–water partition coefficient (Wildman–Crippen LogP) is 4.37. The van der Waals surface area contributed by atoms with Crippen molar-refractivity contribution in [3.8, 4) is 11.5 Å². The van der Waals surface area contributed by atoms with Crippen LogP contribution < -0.4 is 14.8 Å². The lowest BCUT2D eigenvalue weighted by molar-refractivity contribution is -0.384. The van der Waals surface area contributed by atoms with Crippen LogP contribution in [-0.4, -0.2) is 24.0 Å². The fraction of sp³-hybridized carbons (Fsp3) is 0.105. The number of rotatable bonds is 7. The van der Waals surface area contributed by atoms with Crippen molar-refractivity contribution in [1.29, 1.82) is 0 Å². The van der Waals surface area contributed by atoms with Crippen LogP contribution >= 0.6 is 0 Å². The zero-order chi connectivity index (χ0) is 20.1. The van der Waals surface area contributed by atoms with E-state index in [2.05, 4.69) is 10.1 Å². The number of nitro groups is 1. The van der Waals surface area contributed by atoms with Gasteiger partial charge in [0, 0.05) is 17.5 Å². The molecule has 0 unspecified atom stereocenters. The number of non-ortho nitro benzene ring substituents is 1. The number of nitrogens with zero attached hydrogens (tertiary/aromatic N) is 1. The number of hydrogen-bond donors (Lipinski definition) is 1. The highest BCUT2D eigenvalue weighted by atomic mass is 19.3. The molecule has 3 aromatic carbocycles. The summed E-state index contributed by atoms with van der Waals surface area (Å²) in [6, 6.07) is 15.7. The minimum atomic E-state index is -3.15. The molecule has 144 valence electrons. The Morgan fingerprint density at radius 2 is 1.82 bits per heavy atom. The van der Waals surface area contributed by atoms with E-state index in [1.54, 1.807) is 12.1 Å². The van der Waals surface area contributed by atoms with Gasteiger partial charge in [-0.1, -0.05) is 36.4 Å². The average molecular weight is 388 g/mol. The van der Waals surface area contributed by atoms with Gasteiger partial charge in [-0.3, -0.25) is 14.9 Å². The minimum Gasteiger partial charge on any atom is -0.483 e. The van der Waals surface area contributed by atoms with Crippen LogP contribution in [0.3, 0.4) is 0 Å². The molecule has 0 saturated heterocycles. The van der Waals surface area contributed by atoms with Gasteiger partial charge in [0.1, 0.15) is 11.5 Å². The molecule has 9 heteroatoms. The summed E-state index contributed by atoms with van der Waals surface area (Å²) < 4.78 is 34.8. The second-order valence-corrected chi connectivity index (χ2v) is 5.63. The molecule has 1 N–H and O–H groups in total. The van der Waals surface area contributed by atoms with Crippen LogP contribution in [0.5, 0.6) is 11.5 Å². The molecule has 0 bridgehead atoms. The van der Waals surface area contributed by atoms with Crippen molar-refractivity contribution >= 4 is 28.1 Å². The summed E-state index contributed by atoms with van der Waals surface area (Å²) in [6.45, 7) is -3.57. The molecule has 0 aliphatic rings. The van der Waals surface area contributed by atoms with E-state index in [-0.39, 0.29) is 17.1 Å². The molecule has 0 atom stereocenters. The standard InChI is InChI=1S/C19H14F2N2O5/c20-19(21)28-17-9-8-13(23(25)26)10-15(17)22-18(24)11-27-16-7-3-5-12-4-1-2-6-14(12)16/h1-10,19H,11H2,(H,22,24). The Kier molecular flexibility index (Phi) is 5.64. The molecule has 0 aliphatic carbocycles. The third kappa shape index (κ3) is 4.50. The maximum atomic E-state index is 12.5. The third-order valence-electron chi connectivity index (χ3n) is 3.77. The Balaban J connectivity index is 1.75. The number of benzene rings is 3. The van der Waals surface area contributed by atoms with Crippen molar-refractivity contribution in [3.63, 3.8) is 0 Å². The highest BCUT2D eigenvalue weighted by molar-refractivity contribution is 5.94. The van der Waals surface area contributed by atoms with Gasteiger partial charge >= 0.3 is 6.61 Å². The average Bonchev–Trinajstić information content (AvgIpc) is 2.67. The highest BCUT2D eigenvalue weighted by Gasteiger charge is 2.17. The van der Waals surface area contributed by atoms with E-state index < -0.39 is 24.0 Å². The largest absolute Gasteiger partial charge is 0.483 e. The molecule has 3 aromatic rings. The van der Waals surface area contributed by atoms with E-state index >= 15 is 0 Å². The molecule has 3 rings (SSSR count). The number of ether oxygens (including phenoxy) is 2. The number of nitro benzene ring substituents is 1. The van der Waals surface area contributed by atoms with E-state index in [9.17, 15) is 23.7 Å². The van der Waals surface area contributed by atoms with Crippen molar-refractivity contribution in [3.05, 3.63) is 70.8 Å². The van der Waals surface area contributed by atoms with Crippen molar-refractivity contribution < 1.29 is 28.0 Å². The summed E-state index contributed by atoms with van der Waals surface area (Å²) in [5.74, 6) is -0.608. The SMILES string of the molecule is O=C(COc1cccc2ccccc12)Nc1cc([N+](=O)[O-])ccc1OC(F)F. The van der Waals surface area contributed by atoms with E-state index in [0.29, 0.717) is 5.75 Å². The first kappa shape index (κ1) is 19.0. The molecule has 0 radical (unpaired) electrons. The summed E-state index contributed by atoms with van der Waals surface area (Å²) in [6.07, 6.45) is 0. The first-order chi connectivity index (χ1) is 13.4. The zero-order valence-corrected chi connectivity index (χ0v) is 14.3. The fourth-order valence-corrected chi connectivity index (χ4v) is 2.58. The molecule has 1 amide bonds. The van der Waals surface area contributed by atoms with Crippen molar-refractivity contribution in [1.82, 2.24) is 0 Å². The minimum absolute atomic E-state index is 0.249. The lowest BCUT2D eigenvalue weighted by Crippen LogP contribution is -2.21. The van der Waals surface area contributed by atoms with Gasteiger partial charge in [-0.15, -0.1) is 0 Å². The van der Waals surface area contributed by atoms with E-state index in [1.807, 2.05) is 30.3 Å². The maximum absolute atomic E-state index is 12.5. The summed E-state index contributed by atoms with van der Waals surface area (Å²) in [5, 5.41) is 14.9. The Morgan fingerprint density at radius 3 is 2.57 bits per heavy atom. The summed E-state index contributed by atoms with van der Waals surface area (Å²) >= 11 is 0.